The predicted molar refractivity (Wildman–Crippen MR) is 120 cm³/mol. The molecule has 0 aliphatic rings. The summed E-state index contributed by atoms with van der Waals surface area (Å²) >= 11 is 1.10. The Hall–Kier alpha value is -3.06. The summed E-state index contributed by atoms with van der Waals surface area (Å²) in [7, 11) is 0. The summed E-state index contributed by atoms with van der Waals surface area (Å²) in [6, 6.07) is 16.1. The molecule has 2 amide bonds. The van der Waals surface area contributed by atoms with Gasteiger partial charge in [-0.1, -0.05) is 53.9 Å². The molecule has 30 heavy (non-hydrogen) atoms. The zero-order valence-electron chi connectivity index (χ0n) is 17.6. The molecule has 0 radical (unpaired) electrons. The highest BCUT2D eigenvalue weighted by Crippen LogP contribution is 2.30. The van der Waals surface area contributed by atoms with Crippen LogP contribution in [0.4, 0.5) is 5.69 Å². The third kappa shape index (κ3) is 5.10. The van der Waals surface area contributed by atoms with Crippen molar-refractivity contribution in [3.8, 4) is 0 Å². The smallest absolute Gasteiger partial charge is 0.280 e. The van der Waals surface area contributed by atoms with Crippen LogP contribution < -0.4 is 10.2 Å². The van der Waals surface area contributed by atoms with Crippen molar-refractivity contribution >= 4 is 29.0 Å². The van der Waals surface area contributed by atoms with Crippen molar-refractivity contribution in [1.29, 1.82) is 0 Å². The topological polar surface area (TPSA) is 75.2 Å². The van der Waals surface area contributed by atoms with E-state index in [2.05, 4.69) is 21.8 Å². The van der Waals surface area contributed by atoms with Crippen molar-refractivity contribution in [3.05, 3.63) is 76.8 Å². The third-order valence-electron chi connectivity index (χ3n) is 4.54. The highest BCUT2D eigenvalue weighted by molar-refractivity contribution is 7.03. The van der Waals surface area contributed by atoms with Gasteiger partial charge in [-0.3, -0.25) is 14.5 Å². The van der Waals surface area contributed by atoms with Crippen LogP contribution in [0.5, 0.6) is 0 Å². The van der Waals surface area contributed by atoms with Crippen LogP contribution in [0.3, 0.4) is 0 Å². The van der Waals surface area contributed by atoms with E-state index in [0.29, 0.717) is 5.69 Å². The van der Waals surface area contributed by atoms with Crippen LogP contribution >= 0.6 is 11.5 Å². The maximum atomic E-state index is 13.5. The number of nitrogens with zero attached hydrogens (tertiary/aromatic N) is 3. The van der Waals surface area contributed by atoms with E-state index in [4.69, 9.17) is 0 Å². The van der Waals surface area contributed by atoms with Gasteiger partial charge in [-0.2, -0.15) is 0 Å². The fourth-order valence-corrected chi connectivity index (χ4v) is 3.58. The molecule has 2 aromatic carbocycles. The molecule has 0 unspecified atom stereocenters. The Kier molecular flexibility index (Phi) is 6.62. The molecule has 0 spiro atoms. The highest BCUT2D eigenvalue weighted by atomic mass is 32.1. The number of carbonyl (C=O) groups excluding carboxylic acids is 2. The Morgan fingerprint density at radius 2 is 1.73 bits per heavy atom. The molecule has 7 heteroatoms. The summed E-state index contributed by atoms with van der Waals surface area (Å²) < 4.78 is 3.83. The number of aryl methyl sites for hydroxylation is 1. The molecular formula is C23H26N4O2S. The Labute approximate surface area is 181 Å². The maximum absolute atomic E-state index is 13.5. The molecule has 0 aliphatic heterocycles. The summed E-state index contributed by atoms with van der Waals surface area (Å²) in [6.45, 7) is 7.82. The molecular weight excluding hydrogens is 396 g/mol. The molecule has 0 saturated heterocycles. The van der Waals surface area contributed by atoms with Gasteiger partial charge >= 0.3 is 0 Å². The summed E-state index contributed by atoms with van der Waals surface area (Å²) in [5, 5.41) is 8.57. The van der Waals surface area contributed by atoms with Gasteiger partial charge in [0.25, 0.3) is 5.91 Å². The average Bonchev–Trinajstić information content (AvgIpc) is 3.26. The molecule has 1 N–H and O–H groups in total. The summed E-state index contributed by atoms with van der Waals surface area (Å²) in [4.78, 5) is 28.4. The average molecular weight is 423 g/mol. The number of nitrogens with one attached hydrogen (secondary N) is 1. The first-order valence-electron chi connectivity index (χ1n) is 9.86. The number of hydrogen-bond acceptors (Lipinski definition) is 5. The Balaban J connectivity index is 2.14. The Morgan fingerprint density at radius 1 is 1.07 bits per heavy atom. The summed E-state index contributed by atoms with van der Waals surface area (Å²) in [5.41, 5.74) is 2.26. The molecule has 1 aromatic heterocycles. The SMILES string of the molecule is CCc1ccc(N(C(=O)c2csnn2)[C@@H](C(=O)NC(C)(C)C)c2ccccc2)cc1. The van der Waals surface area contributed by atoms with Crippen LogP contribution in [0.1, 0.15) is 55.4 Å². The number of hydrogen-bond donors (Lipinski definition) is 1. The highest BCUT2D eigenvalue weighted by Gasteiger charge is 2.35. The fourth-order valence-electron chi connectivity index (χ4n) is 3.15. The van der Waals surface area contributed by atoms with Crippen LogP contribution in [0.15, 0.2) is 60.0 Å². The van der Waals surface area contributed by atoms with Gasteiger partial charge in [0.2, 0.25) is 5.91 Å². The lowest BCUT2D eigenvalue weighted by atomic mass is 10.00. The second kappa shape index (κ2) is 9.17. The normalized spacial score (nSPS) is 12.3. The lowest BCUT2D eigenvalue weighted by molar-refractivity contribution is -0.123. The van der Waals surface area contributed by atoms with Crippen molar-refractivity contribution in [3.63, 3.8) is 0 Å². The zero-order valence-corrected chi connectivity index (χ0v) is 18.4. The lowest BCUT2D eigenvalue weighted by Crippen LogP contribution is -2.49. The van der Waals surface area contributed by atoms with Gasteiger partial charge in [-0.15, -0.1) is 5.10 Å². The zero-order chi connectivity index (χ0) is 21.7. The van der Waals surface area contributed by atoms with Crippen molar-refractivity contribution in [1.82, 2.24) is 14.9 Å². The van der Waals surface area contributed by atoms with Crippen LogP contribution in [0, 0.1) is 0 Å². The summed E-state index contributed by atoms with van der Waals surface area (Å²) in [6.07, 6.45) is 0.886. The molecule has 3 aromatic rings. The summed E-state index contributed by atoms with van der Waals surface area (Å²) in [5.74, 6) is -0.629. The number of anilines is 1. The Morgan fingerprint density at radius 3 is 2.27 bits per heavy atom. The van der Waals surface area contributed by atoms with Gasteiger partial charge in [-0.25, -0.2) is 0 Å². The van der Waals surface area contributed by atoms with Gasteiger partial charge < -0.3 is 5.32 Å². The number of aromatic nitrogens is 2. The van der Waals surface area contributed by atoms with E-state index in [1.807, 2.05) is 75.4 Å². The van der Waals surface area contributed by atoms with E-state index >= 15 is 0 Å². The first-order valence-corrected chi connectivity index (χ1v) is 10.7. The second-order valence-electron chi connectivity index (χ2n) is 8.04. The first-order chi connectivity index (χ1) is 14.3. The quantitative estimate of drug-likeness (QED) is 0.639. The monoisotopic (exact) mass is 422 g/mol. The number of amides is 2. The molecule has 0 fully saturated rings. The van der Waals surface area contributed by atoms with Crippen molar-refractivity contribution in [2.75, 3.05) is 4.90 Å². The van der Waals surface area contributed by atoms with Crippen LogP contribution in [0.25, 0.3) is 0 Å². The van der Waals surface area contributed by atoms with Gasteiger partial charge in [0.1, 0.15) is 6.04 Å². The molecule has 1 atom stereocenters. The number of carbonyl (C=O) groups is 2. The van der Waals surface area contributed by atoms with Crippen LogP contribution in [0.2, 0.25) is 0 Å². The van der Waals surface area contributed by atoms with Crippen molar-refractivity contribution in [2.45, 2.75) is 45.7 Å². The third-order valence-corrected chi connectivity index (χ3v) is 5.05. The lowest BCUT2D eigenvalue weighted by Gasteiger charge is -2.33. The standard InChI is InChI=1S/C23H26N4O2S/c1-5-16-11-13-18(14-12-16)27(22(29)19-15-30-26-25-19)20(17-9-7-6-8-10-17)21(28)24-23(2,3)4/h6-15,20H,5H2,1-4H3,(H,24,28)/t20-/m1/s1. The largest absolute Gasteiger partial charge is 0.349 e. The van der Waals surface area contributed by atoms with Gasteiger partial charge in [-0.05, 0) is 62.0 Å². The fraction of sp³-hybridized carbons (Fsp3) is 0.304. The molecule has 156 valence electrons. The minimum Gasteiger partial charge on any atom is -0.349 e. The minimum atomic E-state index is -0.855. The van der Waals surface area contributed by atoms with Crippen LogP contribution in [-0.4, -0.2) is 26.9 Å². The van der Waals surface area contributed by atoms with Gasteiger partial charge in [0, 0.05) is 16.6 Å². The van der Waals surface area contributed by atoms with E-state index < -0.39 is 11.6 Å². The molecule has 6 nitrogen and oxygen atoms in total. The second-order valence-corrected chi connectivity index (χ2v) is 8.65. The van der Waals surface area contributed by atoms with E-state index in [0.717, 1.165) is 29.1 Å². The Bertz CT molecular complexity index is 980. The molecule has 3 rings (SSSR count). The van der Waals surface area contributed by atoms with Crippen molar-refractivity contribution in [2.24, 2.45) is 0 Å². The van der Waals surface area contributed by atoms with Crippen LogP contribution in [-0.2, 0) is 11.2 Å². The van der Waals surface area contributed by atoms with E-state index in [1.165, 1.54) is 4.90 Å². The molecule has 0 saturated carbocycles. The van der Waals surface area contributed by atoms with Crippen molar-refractivity contribution < 1.29 is 9.59 Å². The number of benzene rings is 2. The van der Waals surface area contributed by atoms with Gasteiger partial charge in [0.05, 0.1) is 0 Å². The van der Waals surface area contributed by atoms with E-state index in [-0.39, 0.29) is 17.5 Å². The maximum Gasteiger partial charge on any atom is 0.280 e. The number of rotatable bonds is 6. The minimum absolute atomic E-state index is 0.212. The molecule has 0 bridgehead atoms. The molecule has 1 heterocycles. The van der Waals surface area contributed by atoms with E-state index in [1.54, 1.807) is 5.38 Å². The first kappa shape index (κ1) is 21.6. The van der Waals surface area contributed by atoms with Gasteiger partial charge in [0.15, 0.2) is 5.69 Å². The predicted octanol–water partition coefficient (Wildman–Crippen LogP) is 4.40. The van der Waals surface area contributed by atoms with E-state index in [9.17, 15) is 9.59 Å². The molecule has 0 aliphatic carbocycles.